The first-order chi connectivity index (χ1) is 21.6. The summed E-state index contributed by atoms with van der Waals surface area (Å²) in [6.07, 6.45) is 1.26. The first-order valence-corrected chi connectivity index (χ1v) is 16.8. The largest absolute Gasteiger partial charge is 0.445 e. The van der Waals surface area contributed by atoms with E-state index in [4.69, 9.17) is 4.74 Å². The molecule has 45 heavy (non-hydrogen) atoms. The summed E-state index contributed by atoms with van der Waals surface area (Å²) >= 11 is 0. The Labute approximate surface area is 265 Å². The first kappa shape index (κ1) is 33.7. The van der Waals surface area contributed by atoms with Crippen LogP contribution in [0, 0.1) is 5.92 Å². The molecule has 3 aromatic carbocycles. The van der Waals surface area contributed by atoms with Crippen molar-refractivity contribution in [2.45, 2.75) is 50.7 Å². The molecule has 3 N–H and O–H groups in total. The first-order valence-electron chi connectivity index (χ1n) is 15.4. The predicted octanol–water partition coefficient (Wildman–Crippen LogP) is 4.09. The van der Waals surface area contributed by atoms with Crippen molar-refractivity contribution in [1.82, 2.24) is 25.2 Å². The molecular weight excluding hydrogens is 594 g/mol. The SMILES string of the molecule is CC(C)CC(NC(=O)N1CCN(S(=O)(=O)c2ccc3ccccc3c2)CC1)C(=O)NCCCCNC(=O)OCc1ccccc1. The van der Waals surface area contributed by atoms with Crippen molar-refractivity contribution in [3.05, 3.63) is 78.4 Å². The van der Waals surface area contributed by atoms with Gasteiger partial charge in [0.15, 0.2) is 0 Å². The highest BCUT2D eigenvalue weighted by Crippen LogP contribution is 2.23. The average molecular weight is 638 g/mol. The molecule has 1 atom stereocenters. The van der Waals surface area contributed by atoms with E-state index in [9.17, 15) is 22.8 Å². The summed E-state index contributed by atoms with van der Waals surface area (Å²) in [7, 11) is -3.71. The van der Waals surface area contributed by atoms with E-state index in [1.54, 1.807) is 23.1 Å². The zero-order valence-electron chi connectivity index (χ0n) is 25.9. The van der Waals surface area contributed by atoms with E-state index in [-0.39, 0.29) is 49.5 Å². The molecule has 1 unspecified atom stereocenters. The minimum atomic E-state index is -3.71. The maximum absolute atomic E-state index is 13.3. The van der Waals surface area contributed by atoms with Gasteiger partial charge in [-0.1, -0.05) is 74.5 Å². The third-order valence-corrected chi connectivity index (χ3v) is 9.49. The van der Waals surface area contributed by atoms with Gasteiger partial charge in [-0.05, 0) is 53.6 Å². The van der Waals surface area contributed by atoms with Crippen molar-refractivity contribution in [2.24, 2.45) is 5.92 Å². The summed E-state index contributed by atoms with van der Waals surface area (Å²) in [5.41, 5.74) is 0.908. The highest BCUT2D eigenvalue weighted by atomic mass is 32.2. The molecule has 1 aliphatic rings. The van der Waals surface area contributed by atoms with Crippen LogP contribution >= 0.6 is 0 Å². The molecule has 0 spiro atoms. The zero-order valence-corrected chi connectivity index (χ0v) is 26.7. The van der Waals surface area contributed by atoms with Gasteiger partial charge in [-0.25, -0.2) is 18.0 Å². The van der Waals surface area contributed by atoms with Gasteiger partial charge in [-0.2, -0.15) is 4.31 Å². The highest BCUT2D eigenvalue weighted by molar-refractivity contribution is 7.89. The fourth-order valence-corrected chi connectivity index (χ4v) is 6.56. The van der Waals surface area contributed by atoms with Crippen molar-refractivity contribution in [2.75, 3.05) is 39.3 Å². The van der Waals surface area contributed by atoms with E-state index in [0.717, 1.165) is 16.3 Å². The number of hydrogen-bond donors (Lipinski definition) is 3. The Balaban J connectivity index is 1.18. The molecule has 12 heteroatoms. The number of piperazine rings is 1. The molecule has 4 rings (SSSR count). The average Bonchev–Trinajstić information content (AvgIpc) is 3.05. The molecule has 11 nitrogen and oxygen atoms in total. The number of rotatable bonds is 13. The molecule has 1 aliphatic heterocycles. The third-order valence-electron chi connectivity index (χ3n) is 7.59. The number of nitrogens with one attached hydrogen (secondary N) is 3. The minimum absolute atomic E-state index is 0.163. The Morgan fingerprint density at radius 2 is 1.47 bits per heavy atom. The standard InChI is InChI=1S/C33H43N5O6S/c1-25(2)22-30(31(39)34-16-8-9-17-35-33(41)44-24-26-10-4-3-5-11-26)36-32(40)37-18-20-38(21-19-37)45(42,43)29-15-14-27-12-6-7-13-28(27)23-29/h3-7,10-15,23,25,30H,8-9,16-22,24H2,1-2H3,(H,34,39)(H,35,41)(H,36,40). The number of sulfonamides is 1. The molecule has 3 aromatic rings. The number of alkyl carbamates (subject to hydrolysis) is 1. The van der Waals surface area contributed by atoms with Crippen LogP contribution in [0.5, 0.6) is 0 Å². The Hall–Kier alpha value is -4.16. The van der Waals surface area contributed by atoms with Crippen molar-refractivity contribution < 1.29 is 27.5 Å². The third kappa shape index (κ3) is 9.92. The number of ether oxygens (including phenoxy) is 1. The van der Waals surface area contributed by atoms with Crippen molar-refractivity contribution in [1.29, 1.82) is 0 Å². The highest BCUT2D eigenvalue weighted by Gasteiger charge is 2.32. The topological polar surface area (TPSA) is 137 Å². The predicted molar refractivity (Wildman–Crippen MR) is 173 cm³/mol. The summed E-state index contributed by atoms with van der Waals surface area (Å²) in [6.45, 7) is 5.73. The molecule has 0 aliphatic carbocycles. The number of carbonyl (C=O) groups excluding carboxylic acids is 3. The second-order valence-electron chi connectivity index (χ2n) is 11.5. The molecule has 4 amide bonds. The summed E-state index contributed by atoms with van der Waals surface area (Å²) in [5, 5.41) is 10.3. The number of hydrogen-bond acceptors (Lipinski definition) is 6. The smallest absolute Gasteiger partial charge is 0.407 e. The van der Waals surface area contributed by atoms with E-state index in [1.165, 1.54) is 4.31 Å². The van der Waals surface area contributed by atoms with Gasteiger partial charge in [0.05, 0.1) is 4.90 Å². The Morgan fingerprint density at radius 3 is 2.16 bits per heavy atom. The van der Waals surface area contributed by atoms with Gasteiger partial charge in [0.2, 0.25) is 15.9 Å². The number of carbonyl (C=O) groups is 3. The van der Waals surface area contributed by atoms with Crippen LogP contribution in [0.2, 0.25) is 0 Å². The molecule has 0 bridgehead atoms. The van der Waals surface area contributed by atoms with Gasteiger partial charge in [0.25, 0.3) is 0 Å². The van der Waals surface area contributed by atoms with Gasteiger partial charge in [0, 0.05) is 39.3 Å². The van der Waals surface area contributed by atoms with Crippen molar-refractivity contribution >= 4 is 38.8 Å². The Kier molecular flexibility index (Phi) is 12.2. The van der Waals surface area contributed by atoms with Crippen LogP contribution in [0.3, 0.4) is 0 Å². The quantitative estimate of drug-likeness (QED) is 0.242. The van der Waals surface area contributed by atoms with Gasteiger partial charge < -0.3 is 25.6 Å². The number of unbranched alkanes of at least 4 members (excludes halogenated alkanes) is 1. The number of fused-ring (bicyclic) bond motifs is 1. The van der Waals surface area contributed by atoms with Crippen molar-refractivity contribution in [3.8, 4) is 0 Å². The second kappa shape index (κ2) is 16.2. The molecule has 1 fully saturated rings. The van der Waals surface area contributed by atoms with Gasteiger partial charge in [0.1, 0.15) is 12.6 Å². The Bertz CT molecular complexity index is 1540. The van der Waals surface area contributed by atoms with Crippen LogP contribution in [0.15, 0.2) is 77.7 Å². The van der Waals surface area contributed by atoms with Crippen molar-refractivity contribution in [3.63, 3.8) is 0 Å². The number of nitrogens with zero attached hydrogens (tertiary/aromatic N) is 2. The summed E-state index contributed by atoms with van der Waals surface area (Å²) in [6, 6.07) is 21.0. The number of benzene rings is 3. The van der Waals surface area contributed by atoms with E-state index >= 15 is 0 Å². The van der Waals surface area contributed by atoms with Crippen LogP contribution in [-0.4, -0.2) is 81.0 Å². The van der Waals surface area contributed by atoms with Crippen LogP contribution in [0.4, 0.5) is 9.59 Å². The maximum Gasteiger partial charge on any atom is 0.407 e. The normalized spacial score (nSPS) is 14.6. The maximum atomic E-state index is 13.3. The molecule has 242 valence electrons. The lowest BCUT2D eigenvalue weighted by atomic mass is 10.0. The minimum Gasteiger partial charge on any atom is -0.445 e. The summed E-state index contributed by atoms with van der Waals surface area (Å²) in [5.74, 6) is -0.110. The lowest BCUT2D eigenvalue weighted by Gasteiger charge is -2.35. The van der Waals surface area contributed by atoms with Crippen LogP contribution < -0.4 is 16.0 Å². The van der Waals surface area contributed by atoms with Gasteiger partial charge in [-0.3, -0.25) is 4.79 Å². The lowest BCUT2D eigenvalue weighted by molar-refractivity contribution is -0.123. The van der Waals surface area contributed by atoms with E-state index < -0.39 is 28.2 Å². The molecular formula is C33H43N5O6S. The zero-order chi connectivity index (χ0) is 32.2. The second-order valence-corrected chi connectivity index (χ2v) is 13.5. The van der Waals surface area contributed by atoms with Crippen LogP contribution in [0.25, 0.3) is 10.8 Å². The van der Waals surface area contributed by atoms with E-state index in [1.807, 2.05) is 68.4 Å². The number of urea groups is 1. The molecule has 0 radical (unpaired) electrons. The van der Waals surface area contributed by atoms with E-state index in [0.29, 0.717) is 32.4 Å². The molecule has 0 saturated carbocycles. The summed E-state index contributed by atoms with van der Waals surface area (Å²) in [4.78, 5) is 39.7. The van der Waals surface area contributed by atoms with Gasteiger partial charge in [-0.15, -0.1) is 0 Å². The van der Waals surface area contributed by atoms with Gasteiger partial charge >= 0.3 is 12.1 Å². The van der Waals surface area contributed by atoms with Crippen LogP contribution in [-0.2, 0) is 26.2 Å². The fraction of sp³-hybridized carbons (Fsp3) is 0.424. The Morgan fingerprint density at radius 1 is 0.822 bits per heavy atom. The van der Waals surface area contributed by atoms with Crippen LogP contribution in [0.1, 0.15) is 38.7 Å². The number of amides is 4. The van der Waals surface area contributed by atoms with E-state index in [2.05, 4.69) is 16.0 Å². The molecule has 0 aromatic heterocycles. The molecule has 1 saturated heterocycles. The summed E-state index contributed by atoms with van der Waals surface area (Å²) < 4.78 is 33.2. The fourth-order valence-electron chi connectivity index (χ4n) is 5.10. The molecule has 1 heterocycles. The lowest BCUT2D eigenvalue weighted by Crippen LogP contribution is -2.56. The monoisotopic (exact) mass is 637 g/mol.